The average Bonchev–Trinajstić information content (AvgIpc) is 2.66. The number of benzene rings is 2. The van der Waals surface area contributed by atoms with E-state index in [1.807, 2.05) is 20.8 Å². The van der Waals surface area contributed by atoms with E-state index in [1.165, 1.54) is 20.3 Å². The molecule has 2 aromatic carbocycles. The van der Waals surface area contributed by atoms with Gasteiger partial charge in [-0.25, -0.2) is 9.59 Å². The summed E-state index contributed by atoms with van der Waals surface area (Å²) in [6.45, 7) is 5.46. The molecular formula is C22H25NO6. The Kier molecular flexibility index (Phi) is 6.98. The van der Waals surface area contributed by atoms with Crippen molar-refractivity contribution in [3.8, 4) is 0 Å². The zero-order valence-corrected chi connectivity index (χ0v) is 17.2. The van der Waals surface area contributed by atoms with Crippen LogP contribution < -0.4 is 5.32 Å². The summed E-state index contributed by atoms with van der Waals surface area (Å²) >= 11 is 0. The first kappa shape index (κ1) is 21.9. The molecule has 0 fully saturated rings. The Balaban J connectivity index is 2.23. The van der Waals surface area contributed by atoms with Gasteiger partial charge in [0.15, 0.2) is 0 Å². The number of carbonyl (C=O) groups is 3. The van der Waals surface area contributed by atoms with Crippen LogP contribution in [0.1, 0.15) is 47.1 Å². The minimum absolute atomic E-state index is 0.0830. The van der Waals surface area contributed by atoms with Crippen molar-refractivity contribution >= 4 is 29.3 Å². The van der Waals surface area contributed by atoms with E-state index in [4.69, 9.17) is 14.2 Å². The second-order valence-electron chi connectivity index (χ2n) is 7.30. The molecule has 0 amide bonds. The molecule has 1 N–H and O–H groups in total. The summed E-state index contributed by atoms with van der Waals surface area (Å²) in [7, 11) is 2.48. The highest BCUT2D eigenvalue weighted by Gasteiger charge is 2.22. The molecule has 2 rings (SSSR count). The highest BCUT2D eigenvalue weighted by atomic mass is 16.6. The van der Waals surface area contributed by atoms with Gasteiger partial charge in [-0.3, -0.25) is 4.79 Å². The van der Waals surface area contributed by atoms with E-state index in [9.17, 15) is 14.4 Å². The number of esters is 3. The minimum Gasteiger partial charge on any atom is -0.465 e. The Morgan fingerprint density at radius 2 is 1.52 bits per heavy atom. The van der Waals surface area contributed by atoms with Crippen molar-refractivity contribution in [1.29, 1.82) is 0 Å². The fourth-order valence-electron chi connectivity index (χ4n) is 2.66. The van der Waals surface area contributed by atoms with Gasteiger partial charge in [0.1, 0.15) is 5.60 Å². The topological polar surface area (TPSA) is 90.9 Å². The first-order chi connectivity index (χ1) is 13.6. The Bertz CT molecular complexity index is 897. The zero-order valence-electron chi connectivity index (χ0n) is 17.2. The van der Waals surface area contributed by atoms with Crippen molar-refractivity contribution in [2.45, 2.75) is 32.8 Å². The standard InChI is InChI=1S/C22H25NO6/c1-22(2,3)29-18(24)13-14-9-11-15(12-10-14)23-17-8-6-7-16(20(25)27-4)19(17)21(26)28-5/h6-12,23H,13H2,1-5H3. The molecule has 0 aliphatic carbocycles. The third-order valence-electron chi connectivity index (χ3n) is 3.86. The first-order valence-corrected chi connectivity index (χ1v) is 9.02. The first-order valence-electron chi connectivity index (χ1n) is 9.02. The number of hydrogen-bond donors (Lipinski definition) is 1. The maximum Gasteiger partial charge on any atom is 0.340 e. The summed E-state index contributed by atoms with van der Waals surface area (Å²) in [6, 6.07) is 11.9. The van der Waals surface area contributed by atoms with Crippen LogP contribution in [0.2, 0.25) is 0 Å². The minimum atomic E-state index is -0.657. The van der Waals surface area contributed by atoms with E-state index in [2.05, 4.69) is 5.32 Å². The van der Waals surface area contributed by atoms with E-state index in [1.54, 1.807) is 36.4 Å². The number of methoxy groups -OCH3 is 2. The molecule has 0 saturated heterocycles. The summed E-state index contributed by atoms with van der Waals surface area (Å²) in [6.07, 6.45) is 0.156. The average molecular weight is 399 g/mol. The van der Waals surface area contributed by atoms with E-state index in [-0.39, 0.29) is 23.5 Å². The summed E-state index contributed by atoms with van der Waals surface area (Å²) in [4.78, 5) is 36.2. The van der Waals surface area contributed by atoms with Crippen LogP contribution in [0.15, 0.2) is 42.5 Å². The molecule has 0 aliphatic heterocycles. The molecule has 7 nitrogen and oxygen atoms in total. The molecular weight excluding hydrogens is 374 g/mol. The lowest BCUT2D eigenvalue weighted by atomic mass is 10.0. The fourth-order valence-corrected chi connectivity index (χ4v) is 2.66. The third-order valence-corrected chi connectivity index (χ3v) is 3.86. The second-order valence-corrected chi connectivity index (χ2v) is 7.30. The van der Waals surface area contributed by atoms with Gasteiger partial charge in [-0.2, -0.15) is 0 Å². The summed E-state index contributed by atoms with van der Waals surface area (Å²) in [5, 5.41) is 3.10. The lowest BCUT2D eigenvalue weighted by Gasteiger charge is -2.19. The smallest absolute Gasteiger partial charge is 0.340 e. The number of ether oxygens (including phenoxy) is 3. The predicted octanol–water partition coefficient (Wildman–Crippen LogP) is 3.89. The van der Waals surface area contributed by atoms with E-state index >= 15 is 0 Å². The van der Waals surface area contributed by atoms with Crippen molar-refractivity contribution in [1.82, 2.24) is 0 Å². The Hall–Kier alpha value is -3.35. The number of rotatable bonds is 6. The summed E-state index contributed by atoms with van der Waals surface area (Å²) < 4.78 is 14.9. The normalized spacial score (nSPS) is 10.8. The molecule has 0 spiro atoms. The number of carbonyl (C=O) groups excluding carboxylic acids is 3. The second kappa shape index (κ2) is 9.23. The molecule has 0 saturated carbocycles. The summed E-state index contributed by atoms with van der Waals surface area (Å²) in [5.74, 6) is -1.60. The maximum atomic E-state index is 12.2. The predicted molar refractivity (Wildman–Crippen MR) is 108 cm³/mol. The van der Waals surface area contributed by atoms with Crippen LogP contribution >= 0.6 is 0 Å². The van der Waals surface area contributed by atoms with Crippen LogP contribution in [-0.4, -0.2) is 37.7 Å². The molecule has 0 aromatic heterocycles. The van der Waals surface area contributed by atoms with Gasteiger partial charge in [0.2, 0.25) is 0 Å². The molecule has 29 heavy (non-hydrogen) atoms. The Morgan fingerprint density at radius 3 is 2.07 bits per heavy atom. The highest BCUT2D eigenvalue weighted by molar-refractivity contribution is 6.07. The number of anilines is 2. The Morgan fingerprint density at radius 1 is 0.897 bits per heavy atom. The van der Waals surface area contributed by atoms with E-state index in [0.29, 0.717) is 11.4 Å². The van der Waals surface area contributed by atoms with Crippen molar-refractivity contribution < 1.29 is 28.6 Å². The van der Waals surface area contributed by atoms with E-state index < -0.39 is 17.5 Å². The molecule has 0 bridgehead atoms. The monoisotopic (exact) mass is 399 g/mol. The fraction of sp³-hybridized carbons (Fsp3) is 0.318. The zero-order chi connectivity index (χ0) is 21.6. The van der Waals surface area contributed by atoms with Crippen LogP contribution in [0, 0.1) is 0 Å². The van der Waals surface area contributed by atoms with Gasteiger partial charge in [0, 0.05) is 5.69 Å². The van der Waals surface area contributed by atoms with Gasteiger partial charge in [-0.1, -0.05) is 18.2 Å². The van der Waals surface area contributed by atoms with Crippen molar-refractivity contribution in [2.75, 3.05) is 19.5 Å². The van der Waals surface area contributed by atoms with Crippen molar-refractivity contribution in [3.63, 3.8) is 0 Å². The van der Waals surface area contributed by atoms with Gasteiger partial charge in [-0.05, 0) is 50.6 Å². The largest absolute Gasteiger partial charge is 0.465 e. The van der Waals surface area contributed by atoms with Crippen molar-refractivity contribution in [2.24, 2.45) is 0 Å². The number of hydrogen-bond acceptors (Lipinski definition) is 7. The van der Waals surface area contributed by atoms with Gasteiger partial charge in [0.25, 0.3) is 0 Å². The van der Waals surface area contributed by atoms with Crippen LogP contribution in [0.5, 0.6) is 0 Å². The molecule has 0 radical (unpaired) electrons. The van der Waals surface area contributed by atoms with Gasteiger partial charge in [-0.15, -0.1) is 0 Å². The SMILES string of the molecule is COC(=O)c1cccc(Nc2ccc(CC(=O)OC(C)(C)C)cc2)c1C(=O)OC. The molecule has 2 aromatic rings. The molecule has 0 heterocycles. The quantitative estimate of drug-likeness (QED) is 0.582. The van der Waals surface area contributed by atoms with Crippen LogP contribution in [0.25, 0.3) is 0 Å². The number of nitrogens with one attached hydrogen (secondary N) is 1. The lowest BCUT2D eigenvalue weighted by Crippen LogP contribution is -2.24. The van der Waals surface area contributed by atoms with Gasteiger partial charge < -0.3 is 19.5 Å². The van der Waals surface area contributed by atoms with Gasteiger partial charge >= 0.3 is 17.9 Å². The van der Waals surface area contributed by atoms with E-state index in [0.717, 1.165) is 5.56 Å². The maximum absolute atomic E-state index is 12.2. The molecule has 0 aliphatic rings. The van der Waals surface area contributed by atoms with Gasteiger partial charge in [0.05, 0.1) is 37.5 Å². The van der Waals surface area contributed by atoms with Crippen molar-refractivity contribution in [3.05, 3.63) is 59.2 Å². The summed E-state index contributed by atoms with van der Waals surface area (Å²) in [5.41, 5.74) is 1.52. The third kappa shape index (κ3) is 6.07. The highest BCUT2D eigenvalue weighted by Crippen LogP contribution is 2.26. The molecule has 154 valence electrons. The molecule has 7 heteroatoms. The van der Waals surface area contributed by atoms with Crippen LogP contribution in [0.4, 0.5) is 11.4 Å². The molecule has 0 atom stereocenters. The molecule has 0 unspecified atom stereocenters. The van der Waals surface area contributed by atoms with Crippen LogP contribution in [0.3, 0.4) is 0 Å². The Labute approximate surface area is 170 Å². The lowest BCUT2D eigenvalue weighted by molar-refractivity contribution is -0.153. The van der Waals surface area contributed by atoms with Crippen LogP contribution in [-0.2, 0) is 25.4 Å².